The minimum absolute atomic E-state index is 0.187. The molecule has 1 saturated heterocycles. The average Bonchev–Trinajstić information content (AvgIpc) is 2.78. The average molecular weight is 178 g/mol. The molecular formula is C10H12BFO. The molecule has 2 atom stereocenters. The molecule has 2 unspecified atom stereocenters. The fourth-order valence-corrected chi connectivity index (χ4v) is 1.91. The monoisotopic (exact) mass is 178 g/mol. The number of benzene rings is 1. The molecule has 1 aromatic carbocycles. The molecule has 1 aliphatic rings. The lowest BCUT2D eigenvalue weighted by Gasteiger charge is -2.09. The van der Waals surface area contributed by atoms with Crippen LogP contribution in [0.3, 0.4) is 0 Å². The smallest absolute Gasteiger partial charge is 0.143 e. The Labute approximate surface area is 78.3 Å². The molecule has 13 heavy (non-hydrogen) atoms. The Morgan fingerprint density at radius 1 is 1.62 bits per heavy atom. The van der Waals surface area contributed by atoms with Gasteiger partial charge in [0.25, 0.3) is 0 Å². The highest BCUT2D eigenvalue weighted by Crippen LogP contribution is 2.47. The van der Waals surface area contributed by atoms with Gasteiger partial charge in [0, 0.05) is 0 Å². The van der Waals surface area contributed by atoms with E-state index < -0.39 is 0 Å². The van der Waals surface area contributed by atoms with Gasteiger partial charge in [0.05, 0.1) is 6.00 Å². The minimum atomic E-state index is -0.206. The number of halogens is 1. The lowest BCUT2D eigenvalue weighted by atomic mass is 9.84. The van der Waals surface area contributed by atoms with Crippen molar-refractivity contribution in [3.8, 4) is 0 Å². The zero-order valence-electron chi connectivity index (χ0n) is 7.88. The molecule has 0 amide bonds. The largest absolute Gasteiger partial charge is 0.371 e. The van der Waals surface area contributed by atoms with E-state index >= 15 is 0 Å². The standard InChI is InChI=1S/C10H12BFO/c1-2-10(9(11)13-10)7-4-3-5-8(12)6-7/h3-6,9H,2,11H2,1H3. The van der Waals surface area contributed by atoms with E-state index in [1.807, 2.05) is 13.9 Å². The second-order valence-corrected chi connectivity index (χ2v) is 3.51. The molecule has 0 saturated carbocycles. The Morgan fingerprint density at radius 2 is 2.31 bits per heavy atom. The first-order valence-electron chi connectivity index (χ1n) is 4.63. The summed E-state index contributed by atoms with van der Waals surface area (Å²) < 4.78 is 18.5. The molecule has 1 heterocycles. The number of rotatable bonds is 2. The van der Waals surface area contributed by atoms with Crippen LogP contribution >= 0.6 is 0 Å². The summed E-state index contributed by atoms with van der Waals surface area (Å²) >= 11 is 0. The van der Waals surface area contributed by atoms with Gasteiger partial charge in [-0.2, -0.15) is 0 Å². The van der Waals surface area contributed by atoms with Crippen molar-refractivity contribution in [3.63, 3.8) is 0 Å². The molecule has 0 aromatic heterocycles. The Morgan fingerprint density at radius 3 is 2.77 bits per heavy atom. The van der Waals surface area contributed by atoms with Crippen LogP contribution in [0.2, 0.25) is 0 Å². The maximum Gasteiger partial charge on any atom is 0.143 e. The molecule has 0 aliphatic carbocycles. The van der Waals surface area contributed by atoms with Crippen molar-refractivity contribution in [1.29, 1.82) is 0 Å². The van der Waals surface area contributed by atoms with E-state index in [1.54, 1.807) is 12.1 Å². The first kappa shape index (κ1) is 8.76. The van der Waals surface area contributed by atoms with Crippen molar-refractivity contribution < 1.29 is 9.13 Å². The number of ether oxygens (including phenoxy) is 1. The van der Waals surface area contributed by atoms with Crippen LogP contribution in [-0.2, 0) is 10.3 Å². The van der Waals surface area contributed by atoms with Crippen molar-refractivity contribution in [1.82, 2.24) is 0 Å². The van der Waals surface area contributed by atoms with Crippen molar-refractivity contribution in [3.05, 3.63) is 35.6 Å². The van der Waals surface area contributed by atoms with Gasteiger partial charge < -0.3 is 4.74 Å². The Balaban J connectivity index is 2.35. The van der Waals surface area contributed by atoms with Crippen molar-refractivity contribution in [2.45, 2.75) is 24.9 Å². The van der Waals surface area contributed by atoms with Gasteiger partial charge in [0.2, 0.25) is 0 Å². The SMILES string of the molecule is BC1OC1(CC)c1cccc(F)c1. The lowest BCUT2D eigenvalue weighted by molar-refractivity contribution is 0.297. The van der Waals surface area contributed by atoms with Crippen LogP contribution in [0, 0.1) is 5.82 Å². The molecule has 2 rings (SSSR count). The molecule has 1 nitrogen and oxygen atoms in total. The maximum absolute atomic E-state index is 12.9. The van der Waals surface area contributed by atoms with Crippen molar-refractivity contribution >= 4 is 7.85 Å². The highest BCUT2D eigenvalue weighted by molar-refractivity contribution is 6.13. The molecule has 0 N–H and O–H groups in total. The predicted octanol–water partition coefficient (Wildman–Crippen LogP) is 1.42. The highest BCUT2D eigenvalue weighted by atomic mass is 19.1. The van der Waals surface area contributed by atoms with Crippen LogP contribution < -0.4 is 0 Å². The molecule has 68 valence electrons. The van der Waals surface area contributed by atoms with Crippen LogP contribution in [0.5, 0.6) is 0 Å². The first-order valence-corrected chi connectivity index (χ1v) is 4.63. The van der Waals surface area contributed by atoms with Gasteiger partial charge in [-0.05, 0) is 24.1 Å². The third-order valence-corrected chi connectivity index (χ3v) is 2.83. The van der Waals surface area contributed by atoms with E-state index in [2.05, 4.69) is 6.92 Å². The van der Waals surface area contributed by atoms with E-state index in [4.69, 9.17) is 4.74 Å². The normalized spacial score (nSPS) is 31.7. The van der Waals surface area contributed by atoms with Gasteiger partial charge >= 0.3 is 0 Å². The van der Waals surface area contributed by atoms with Crippen LogP contribution in [0.25, 0.3) is 0 Å². The zero-order chi connectivity index (χ0) is 9.47. The van der Waals surface area contributed by atoms with Gasteiger partial charge in [-0.1, -0.05) is 19.1 Å². The molecule has 3 heteroatoms. The van der Waals surface area contributed by atoms with Gasteiger partial charge in [-0.15, -0.1) is 0 Å². The number of hydrogen-bond donors (Lipinski definition) is 0. The van der Waals surface area contributed by atoms with Crippen molar-refractivity contribution in [2.75, 3.05) is 0 Å². The van der Waals surface area contributed by atoms with E-state index in [9.17, 15) is 4.39 Å². The molecule has 0 spiro atoms. The molecule has 0 bridgehead atoms. The highest BCUT2D eigenvalue weighted by Gasteiger charge is 2.52. The van der Waals surface area contributed by atoms with E-state index in [0.29, 0.717) is 0 Å². The molecule has 1 fully saturated rings. The topological polar surface area (TPSA) is 12.5 Å². The van der Waals surface area contributed by atoms with Crippen LogP contribution in [-0.4, -0.2) is 13.8 Å². The van der Waals surface area contributed by atoms with Crippen molar-refractivity contribution in [2.24, 2.45) is 0 Å². The predicted molar refractivity (Wildman–Crippen MR) is 51.8 cm³/mol. The quantitative estimate of drug-likeness (QED) is 0.492. The fraction of sp³-hybridized carbons (Fsp3) is 0.400. The summed E-state index contributed by atoms with van der Waals surface area (Å²) in [6.45, 7) is 2.06. The zero-order valence-corrected chi connectivity index (χ0v) is 7.88. The third-order valence-electron chi connectivity index (χ3n) is 2.83. The summed E-state index contributed by atoms with van der Waals surface area (Å²) in [6.07, 6.45) is 0.900. The number of epoxide rings is 1. The van der Waals surface area contributed by atoms with E-state index in [1.165, 1.54) is 6.07 Å². The molecular weight excluding hydrogens is 166 g/mol. The van der Waals surface area contributed by atoms with Gasteiger partial charge in [-0.3, -0.25) is 0 Å². The second-order valence-electron chi connectivity index (χ2n) is 3.51. The number of hydrogen-bond acceptors (Lipinski definition) is 1. The van der Waals surface area contributed by atoms with E-state index in [0.717, 1.165) is 12.0 Å². The lowest BCUT2D eigenvalue weighted by Crippen LogP contribution is -2.11. The van der Waals surface area contributed by atoms with Crippen LogP contribution in [0.4, 0.5) is 4.39 Å². The minimum Gasteiger partial charge on any atom is -0.371 e. The molecule has 1 aromatic rings. The van der Waals surface area contributed by atoms with Gasteiger partial charge in [0.15, 0.2) is 0 Å². The molecule has 1 aliphatic heterocycles. The summed E-state index contributed by atoms with van der Waals surface area (Å²) in [5.74, 6) is -0.187. The van der Waals surface area contributed by atoms with E-state index in [-0.39, 0.29) is 17.4 Å². The third kappa shape index (κ3) is 1.27. The van der Waals surface area contributed by atoms with Crippen LogP contribution in [0.1, 0.15) is 18.9 Å². The summed E-state index contributed by atoms with van der Waals surface area (Å²) in [7, 11) is 2.02. The Kier molecular flexibility index (Phi) is 1.92. The van der Waals surface area contributed by atoms with Gasteiger partial charge in [-0.25, -0.2) is 4.39 Å². The fourth-order valence-electron chi connectivity index (χ4n) is 1.91. The second kappa shape index (κ2) is 2.84. The first-order chi connectivity index (χ1) is 6.19. The maximum atomic E-state index is 12.9. The Bertz CT molecular complexity index is 324. The molecule has 0 radical (unpaired) electrons. The van der Waals surface area contributed by atoms with Gasteiger partial charge in [0.1, 0.15) is 19.3 Å². The van der Waals surface area contributed by atoms with Crippen LogP contribution in [0.15, 0.2) is 24.3 Å². The summed E-state index contributed by atoms with van der Waals surface area (Å²) in [5.41, 5.74) is 0.754. The Hall–Kier alpha value is -0.825. The summed E-state index contributed by atoms with van der Waals surface area (Å²) in [5, 5.41) is 0. The summed E-state index contributed by atoms with van der Waals surface area (Å²) in [4.78, 5) is 0. The summed E-state index contributed by atoms with van der Waals surface area (Å²) in [6, 6.07) is 6.90.